The van der Waals surface area contributed by atoms with Gasteiger partial charge in [0, 0.05) is 52.4 Å². The summed E-state index contributed by atoms with van der Waals surface area (Å²) in [5.41, 5.74) is 1.94. The van der Waals surface area contributed by atoms with Crippen LogP contribution in [0.2, 0.25) is 0 Å². The number of carboxylic acid groups (broad SMARTS) is 2. The summed E-state index contributed by atoms with van der Waals surface area (Å²) in [6, 6.07) is 2.28. The van der Waals surface area contributed by atoms with Gasteiger partial charge in [0.15, 0.2) is 0 Å². The maximum Gasteiger partial charge on any atom is 0.490 e. The second-order valence-corrected chi connectivity index (χ2v) is 11.1. The number of nitrogens with zero attached hydrogens (tertiary/aromatic N) is 2. The van der Waals surface area contributed by atoms with Gasteiger partial charge in [-0.25, -0.2) is 9.59 Å². The fourth-order valence-electron chi connectivity index (χ4n) is 5.38. The van der Waals surface area contributed by atoms with Crippen molar-refractivity contribution in [2.24, 2.45) is 17.3 Å². The molecule has 3 aliphatic rings. The highest BCUT2D eigenvalue weighted by Gasteiger charge is 2.47. The summed E-state index contributed by atoms with van der Waals surface area (Å²) in [7, 11) is 1.87. The molecule has 0 amide bonds. The van der Waals surface area contributed by atoms with Crippen LogP contribution < -0.4 is 0 Å². The number of aliphatic carboxylic acids is 2. The topological polar surface area (TPSA) is 99.5 Å². The minimum atomic E-state index is -5.08. The van der Waals surface area contributed by atoms with Crippen LogP contribution in [0.1, 0.15) is 31.2 Å². The van der Waals surface area contributed by atoms with Crippen molar-refractivity contribution in [2.75, 3.05) is 59.7 Å². The number of hydrogen-bond donors (Lipinski definition) is 2. The number of hydrogen-bond acceptors (Lipinski definition) is 7. The highest BCUT2D eigenvalue weighted by Crippen LogP contribution is 2.45. The molecule has 0 bridgehead atoms. The second kappa shape index (κ2) is 15.3. The van der Waals surface area contributed by atoms with E-state index < -0.39 is 24.3 Å². The molecule has 2 N–H and O–H groups in total. The summed E-state index contributed by atoms with van der Waals surface area (Å²) in [6.45, 7) is 10.2. The van der Waals surface area contributed by atoms with Gasteiger partial charge in [-0.15, -0.1) is 0 Å². The van der Waals surface area contributed by atoms with Crippen LogP contribution in [0, 0.1) is 17.3 Å². The largest absolute Gasteiger partial charge is 0.490 e. The molecule has 1 unspecified atom stereocenters. The number of ether oxygens (including phenoxy) is 2. The van der Waals surface area contributed by atoms with Crippen molar-refractivity contribution in [3.05, 3.63) is 22.4 Å². The van der Waals surface area contributed by atoms with Gasteiger partial charge in [-0.05, 0) is 72.5 Å². The maximum absolute atomic E-state index is 10.6. The Labute approximate surface area is 232 Å². The Morgan fingerprint density at radius 2 is 1.60 bits per heavy atom. The van der Waals surface area contributed by atoms with Crippen molar-refractivity contribution in [1.82, 2.24) is 9.80 Å². The molecule has 1 aromatic rings. The number of carboxylic acids is 2. The van der Waals surface area contributed by atoms with Gasteiger partial charge in [0.1, 0.15) is 0 Å². The summed E-state index contributed by atoms with van der Waals surface area (Å²) >= 11 is 1.81. The molecule has 0 radical (unpaired) electrons. The molecule has 1 spiro atoms. The van der Waals surface area contributed by atoms with Crippen LogP contribution in [0.4, 0.5) is 26.3 Å². The molecule has 3 aliphatic heterocycles. The number of rotatable bonds is 6. The fourth-order valence-corrected chi connectivity index (χ4v) is 6.04. The van der Waals surface area contributed by atoms with E-state index >= 15 is 0 Å². The standard InChI is InChI=1S/C21H34N2O2S.2C2HF3O2/c1-24-15-20-14-23(13-19-4-11-26-16-19)17-21(20)5-7-22(8-6-21)12-18-2-9-25-10-3-18;2*3-2(4,5)1(6)7/h4,11,16,18,20H,2-3,5-10,12-15,17H2,1H3;2*(H,6,7). The third kappa shape index (κ3) is 11.1. The van der Waals surface area contributed by atoms with E-state index in [9.17, 15) is 26.3 Å². The Balaban J connectivity index is 0.000000333. The number of thiophene rings is 1. The second-order valence-electron chi connectivity index (χ2n) is 10.3. The van der Waals surface area contributed by atoms with Crippen LogP contribution >= 0.6 is 11.3 Å². The SMILES string of the molecule is COCC1CN(Cc2ccsc2)CC12CCN(CC1CCOCC1)CC2.O=C(O)C(F)(F)F.O=C(O)C(F)(F)F. The first kappa shape index (κ1) is 34.3. The average molecular weight is 607 g/mol. The van der Waals surface area contributed by atoms with Gasteiger partial charge in [0.05, 0.1) is 6.61 Å². The third-order valence-corrected chi connectivity index (χ3v) is 8.16. The van der Waals surface area contributed by atoms with Gasteiger partial charge in [0.25, 0.3) is 0 Å². The van der Waals surface area contributed by atoms with Gasteiger partial charge >= 0.3 is 24.3 Å². The monoisotopic (exact) mass is 606 g/mol. The minimum Gasteiger partial charge on any atom is -0.475 e. The van der Waals surface area contributed by atoms with E-state index in [-0.39, 0.29) is 0 Å². The summed E-state index contributed by atoms with van der Waals surface area (Å²) < 4.78 is 74.6. The Morgan fingerprint density at radius 3 is 2.05 bits per heavy atom. The van der Waals surface area contributed by atoms with E-state index in [0.29, 0.717) is 11.3 Å². The Kier molecular flexibility index (Phi) is 13.1. The van der Waals surface area contributed by atoms with Crippen LogP contribution in [-0.4, -0.2) is 104 Å². The van der Waals surface area contributed by atoms with Crippen molar-refractivity contribution in [3.8, 4) is 0 Å². The Morgan fingerprint density at radius 1 is 1.05 bits per heavy atom. The lowest BCUT2D eigenvalue weighted by Crippen LogP contribution is -2.46. The van der Waals surface area contributed by atoms with Crippen molar-refractivity contribution in [3.63, 3.8) is 0 Å². The van der Waals surface area contributed by atoms with Crippen LogP contribution in [0.5, 0.6) is 0 Å². The zero-order valence-corrected chi connectivity index (χ0v) is 23.0. The molecule has 3 saturated heterocycles. The van der Waals surface area contributed by atoms with Gasteiger partial charge in [0.2, 0.25) is 0 Å². The average Bonchev–Trinajstić information content (AvgIpc) is 3.49. The number of piperidine rings is 1. The van der Waals surface area contributed by atoms with Crippen molar-refractivity contribution in [1.29, 1.82) is 0 Å². The van der Waals surface area contributed by atoms with Gasteiger partial charge in [-0.3, -0.25) is 4.90 Å². The highest BCUT2D eigenvalue weighted by molar-refractivity contribution is 7.07. The van der Waals surface area contributed by atoms with Crippen LogP contribution in [0.15, 0.2) is 16.8 Å². The number of methoxy groups -OCH3 is 1. The summed E-state index contributed by atoms with van der Waals surface area (Å²) in [5.74, 6) is -3.97. The smallest absolute Gasteiger partial charge is 0.475 e. The molecule has 0 aliphatic carbocycles. The molecule has 4 heterocycles. The number of likely N-dealkylation sites (tertiary alicyclic amines) is 2. The lowest BCUT2D eigenvalue weighted by Gasteiger charge is -2.43. The van der Waals surface area contributed by atoms with Crippen molar-refractivity contribution >= 4 is 23.3 Å². The zero-order chi connectivity index (χ0) is 30.0. The molecule has 230 valence electrons. The molecular formula is C25H36F6N2O6S. The molecule has 40 heavy (non-hydrogen) atoms. The Hall–Kier alpha value is -1.94. The van der Waals surface area contributed by atoms with E-state index in [1.165, 1.54) is 64.0 Å². The van der Waals surface area contributed by atoms with Gasteiger partial charge < -0.3 is 24.6 Å². The Bertz CT molecular complexity index is 877. The quantitative estimate of drug-likeness (QED) is 0.454. The number of carbonyl (C=O) groups is 2. The molecule has 15 heteroatoms. The first-order chi connectivity index (χ1) is 18.7. The van der Waals surface area contributed by atoms with Gasteiger partial charge in [-0.2, -0.15) is 37.7 Å². The number of halogens is 6. The molecule has 1 aromatic heterocycles. The normalized spacial score (nSPS) is 22.2. The maximum atomic E-state index is 10.6. The summed E-state index contributed by atoms with van der Waals surface area (Å²) in [6.07, 6.45) is -4.99. The molecule has 3 fully saturated rings. The van der Waals surface area contributed by atoms with Crippen molar-refractivity contribution in [2.45, 2.75) is 44.6 Å². The first-order valence-corrected chi connectivity index (χ1v) is 13.7. The zero-order valence-electron chi connectivity index (χ0n) is 22.2. The van der Waals surface area contributed by atoms with Crippen LogP contribution in [-0.2, 0) is 25.6 Å². The van der Waals surface area contributed by atoms with Crippen molar-refractivity contribution < 1.29 is 55.6 Å². The molecular weight excluding hydrogens is 570 g/mol. The van der Waals surface area contributed by atoms with E-state index in [0.717, 1.165) is 32.3 Å². The highest BCUT2D eigenvalue weighted by atomic mass is 32.1. The molecule has 4 rings (SSSR count). The first-order valence-electron chi connectivity index (χ1n) is 12.8. The predicted octanol–water partition coefficient (Wildman–Crippen LogP) is 4.60. The van der Waals surface area contributed by atoms with E-state index in [2.05, 4.69) is 26.6 Å². The predicted molar refractivity (Wildman–Crippen MR) is 134 cm³/mol. The lowest BCUT2D eigenvalue weighted by molar-refractivity contribution is -0.193. The fraction of sp³-hybridized carbons (Fsp3) is 0.760. The van der Waals surface area contributed by atoms with Gasteiger partial charge in [-0.1, -0.05) is 0 Å². The summed E-state index contributed by atoms with van der Waals surface area (Å²) in [5, 5.41) is 18.7. The molecule has 0 aromatic carbocycles. The molecule has 1 atom stereocenters. The molecule has 8 nitrogen and oxygen atoms in total. The van der Waals surface area contributed by atoms with E-state index in [1.54, 1.807) is 0 Å². The minimum absolute atomic E-state index is 0.470. The third-order valence-electron chi connectivity index (χ3n) is 7.43. The lowest BCUT2D eigenvalue weighted by atomic mass is 9.71. The van der Waals surface area contributed by atoms with Crippen LogP contribution in [0.25, 0.3) is 0 Å². The molecule has 0 saturated carbocycles. The van der Waals surface area contributed by atoms with E-state index in [4.69, 9.17) is 29.3 Å². The van der Waals surface area contributed by atoms with E-state index in [1.807, 2.05) is 18.4 Å². The van der Waals surface area contributed by atoms with Crippen LogP contribution in [0.3, 0.4) is 0 Å². The number of alkyl halides is 6. The summed E-state index contributed by atoms with van der Waals surface area (Å²) in [4.78, 5) is 23.2.